The number of carboxylic acids is 1. The Kier molecular flexibility index (Phi) is 3.56. The standard InChI is InChI=1S/C12H19N3O3/c1-8-7-15(5-4-6-18-8)11-10(12(16)17)9(2)13-14(11)3/h8H,4-7H2,1-3H3,(H,16,17). The van der Waals surface area contributed by atoms with Gasteiger partial charge in [-0.25, -0.2) is 4.79 Å². The minimum atomic E-state index is -0.923. The molecule has 6 nitrogen and oxygen atoms in total. The second kappa shape index (κ2) is 4.97. The summed E-state index contributed by atoms with van der Waals surface area (Å²) in [7, 11) is 1.78. The Morgan fingerprint density at radius 2 is 2.28 bits per heavy atom. The summed E-state index contributed by atoms with van der Waals surface area (Å²) in [5.41, 5.74) is 0.851. The number of hydrogen-bond acceptors (Lipinski definition) is 4. The summed E-state index contributed by atoms with van der Waals surface area (Å²) in [5.74, 6) is -0.245. The maximum Gasteiger partial charge on any atom is 0.341 e. The van der Waals surface area contributed by atoms with Gasteiger partial charge in [0.05, 0.1) is 11.8 Å². The Morgan fingerprint density at radius 1 is 1.56 bits per heavy atom. The highest BCUT2D eigenvalue weighted by Crippen LogP contribution is 2.25. The molecule has 1 N–H and O–H groups in total. The molecule has 100 valence electrons. The van der Waals surface area contributed by atoms with Crippen LogP contribution in [0.4, 0.5) is 5.82 Å². The zero-order chi connectivity index (χ0) is 13.3. The van der Waals surface area contributed by atoms with Crippen LogP contribution in [0.25, 0.3) is 0 Å². The SMILES string of the molecule is Cc1nn(C)c(N2CCCOC(C)C2)c1C(=O)O. The number of aromatic nitrogens is 2. The number of aromatic carboxylic acids is 1. The average molecular weight is 253 g/mol. The summed E-state index contributed by atoms with van der Waals surface area (Å²) in [4.78, 5) is 13.4. The molecule has 0 radical (unpaired) electrons. The van der Waals surface area contributed by atoms with Crippen molar-refractivity contribution in [3.8, 4) is 0 Å². The van der Waals surface area contributed by atoms with Crippen molar-refractivity contribution >= 4 is 11.8 Å². The molecule has 2 rings (SSSR count). The maximum atomic E-state index is 11.4. The van der Waals surface area contributed by atoms with E-state index < -0.39 is 5.97 Å². The molecule has 1 aliphatic heterocycles. The van der Waals surface area contributed by atoms with Gasteiger partial charge in [-0.05, 0) is 20.3 Å². The number of nitrogens with zero attached hydrogens (tertiary/aromatic N) is 3. The summed E-state index contributed by atoms with van der Waals surface area (Å²) in [6.45, 7) is 5.94. The molecule has 1 aliphatic rings. The summed E-state index contributed by atoms with van der Waals surface area (Å²) < 4.78 is 7.23. The third-order valence-corrected chi connectivity index (χ3v) is 3.16. The number of anilines is 1. The van der Waals surface area contributed by atoms with Crippen LogP contribution in [0.3, 0.4) is 0 Å². The second-order valence-electron chi connectivity index (χ2n) is 4.69. The molecule has 1 unspecified atom stereocenters. The molecule has 1 atom stereocenters. The second-order valence-corrected chi connectivity index (χ2v) is 4.69. The van der Waals surface area contributed by atoms with Gasteiger partial charge in [0.2, 0.25) is 0 Å². The molecule has 0 aromatic carbocycles. The average Bonchev–Trinajstić information content (AvgIpc) is 2.46. The van der Waals surface area contributed by atoms with Crippen LogP contribution in [0, 0.1) is 6.92 Å². The molecule has 1 aromatic heterocycles. The lowest BCUT2D eigenvalue weighted by Gasteiger charge is -2.24. The first-order valence-corrected chi connectivity index (χ1v) is 6.14. The van der Waals surface area contributed by atoms with E-state index in [1.807, 2.05) is 6.92 Å². The molecular formula is C12H19N3O3. The van der Waals surface area contributed by atoms with Gasteiger partial charge in [-0.3, -0.25) is 4.68 Å². The first-order chi connectivity index (χ1) is 8.50. The van der Waals surface area contributed by atoms with E-state index in [1.165, 1.54) is 0 Å². The molecule has 0 saturated carbocycles. The fraction of sp³-hybridized carbons (Fsp3) is 0.667. The number of hydrogen-bond donors (Lipinski definition) is 1. The Morgan fingerprint density at radius 3 is 2.94 bits per heavy atom. The highest BCUT2D eigenvalue weighted by atomic mass is 16.5. The van der Waals surface area contributed by atoms with Crippen LogP contribution in [0.15, 0.2) is 0 Å². The molecule has 2 heterocycles. The molecule has 1 saturated heterocycles. The minimum Gasteiger partial charge on any atom is -0.477 e. The highest BCUT2D eigenvalue weighted by Gasteiger charge is 2.26. The molecule has 18 heavy (non-hydrogen) atoms. The van der Waals surface area contributed by atoms with Gasteiger partial charge in [-0.2, -0.15) is 5.10 Å². The van der Waals surface area contributed by atoms with Crippen LogP contribution in [0.1, 0.15) is 29.4 Å². The van der Waals surface area contributed by atoms with Crippen molar-refractivity contribution in [1.29, 1.82) is 0 Å². The normalized spacial score (nSPS) is 20.8. The van der Waals surface area contributed by atoms with Crippen LogP contribution in [0.2, 0.25) is 0 Å². The Balaban J connectivity index is 2.39. The number of ether oxygens (including phenoxy) is 1. The number of rotatable bonds is 2. The number of aryl methyl sites for hydroxylation is 2. The van der Waals surface area contributed by atoms with Crippen molar-refractivity contribution < 1.29 is 14.6 Å². The van der Waals surface area contributed by atoms with E-state index >= 15 is 0 Å². The minimum absolute atomic E-state index is 0.101. The fourth-order valence-corrected chi connectivity index (χ4v) is 2.45. The van der Waals surface area contributed by atoms with Crippen molar-refractivity contribution in [2.24, 2.45) is 7.05 Å². The lowest BCUT2D eigenvalue weighted by atomic mass is 10.2. The van der Waals surface area contributed by atoms with E-state index in [-0.39, 0.29) is 6.10 Å². The predicted octanol–water partition coefficient (Wildman–Crippen LogP) is 1.04. The summed E-state index contributed by atoms with van der Waals surface area (Å²) >= 11 is 0. The lowest BCUT2D eigenvalue weighted by Crippen LogP contribution is -2.32. The topological polar surface area (TPSA) is 67.6 Å². The predicted molar refractivity (Wildman–Crippen MR) is 67.1 cm³/mol. The number of carboxylic acid groups (broad SMARTS) is 1. The van der Waals surface area contributed by atoms with E-state index in [4.69, 9.17) is 4.74 Å². The smallest absolute Gasteiger partial charge is 0.341 e. The van der Waals surface area contributed by atoms with Crippen LogP contribution >= 0.6 is 0 Å². The third-order valence-electron chi connectivity index (χ3n) is 3.16. The molecule has 0 amide bonds. The van der Waals surface area contributed by atoms with Crippen LogP contribution in [-0.4, -0.2) is 46.7 Å². The van der Waals surface area contributed by atoms with Gasteiger partial charge >= 0.3 is 5.97 Å². The van der Waals surface area contributed by atoms with Crippen molar-refractivity contribution in [2.75, 3.05) is 24.6 Å². The molecular weight excluding hydrogens is 234 g/mol. The Bertz CT molecular complexity index is 456. The van der Waals surface area contributed by atoms with Gasteiger partial charge in [0.15, 0.2) is 0 Å². The van der Waals surface area contributed by atoms with Gasteiger partial charge in [0, 0.05) is 26.7 Å². The van der Waals surface area contributed by atoms with Gasteiger partial charge in [0.25, 0.3) is 0 Å². The summed E-state index contributed by atoms with van der Waals surface area (Å²) in [6.07, 6.45) is 0.998. The monoisotopic (exact) mass is 253 g/mol. The van der Waals surface area contributed by atoms with Crippen molar-refractivity contribution in [3.05, 3.63) is 11.3 Å². The molecule has 0 aliphatic carbocycles. The summed E-state index contributed by atoms with van der Waals surface area (Å²) in [5, 5.41) is 13.5. The van der Waals surface area contributed by atoms with Crippen molar-refractivity contribution in [1.82, 2.24) is 9.78 Å². The highest BCUT2D eigenvalue weighted by molar-refractivity contribution is 5.94. The maximum absolute atomic E-state index is 11.4. The Hall–Kier alpha value is -1.56. The quantitative estimate of drug-likeness (QED) is 0.853. The molecule has 0 spiro atoms. The molecule has 6 heteroatoms. The Labute approximate surface area is 106 Å². The van der Waals surface area contributed by atoms with E-state index in [0.29, 0.717) is 23.6 Å². The van der Waals surface area contributed by atoms with E-state index in [2.05, 4.69) is 10.00 Å². The molecule has 1 aromatic rings. The van der Waals surface area contributed by atoms with E-state index in [0.717, 1.165) is 19.6 Å². The fourth-order valence-electron chi connectivity index (χ4n) is 2.45. The third kappa shape index (κ3) is 2.33. The van der Waals surface area contributed by atoms with Gasteiger partial charge in [0.1, 0.15) is 11.4 Å². The zero-order valence-corrected chi connectivity index (χ0v) is 11.0. The van der Waals surface area contributed by atoms with E-state index in [9.17, 15) is 9.90 Å². The lowest BCUT2D eigenvalue weighted by molar-refractivity contribution is 0.0695. The van der Waals surface area contributed by atoms with Gasteiger partial charge in [-0.15, -0.1) is 0 Å². The van der Waals surface area contributed by atoms with Crippen LogP contribution < -0.4 is 4.90 Å². The van der Waals surface area contributed by atoms with Gasteiger partial charge < -0.3 is 14.7 Å². The van der Waals surface area contributed by atoms with Crippen molar-refractivity contribution in [3.63, 3.8) is 0 Å². The molecule has 1 fully saturated rings. The van der Waals surface area contributed by atoms with E-state index in [1.54, 1.807) is 18.7 Å². The first-order valence-electron chi connectivity index (χ1n) is 6.14. The largest absolute Gasteiger partial charge is 0.477 e. The van der Waals surface area contributed by atoms with Crippen LogP contribution in [0.5, 0.6) is 0 Å². The summed E-state index contributed by atoms with van der Waals surface area (Å²) in [6, 6.07) is 0. The molecule has 0 bridgehead atoms. The first kappa shape index (κ1) is 12.9. The number of carbonyl (C=O) groups is 1. The van der Waals surface area contributed by atoms with Gasteiger partial charge in [-0.1, -0.05) is 0 Å². The van der Waals surface area contributed by atoms with Crippen molar-refractivity contribution in [2.45, 2.75) is 26.4 Å². The van der Waals surface area contributed by atoms with Crippen LogP contribution in [-0.2, 0) is 11.8 Å². The zero-order valence-electron chi connectivity index (χ0n) is 11.0.